The normalized spacial score (nSPS) is 18.8. The maximum atomic E-state index is 12.3. The van der Waals surface area contributed by atoms with Crippen LogP contribution in [0, 0.1) is 0 Å². The second-order valence-corrected chi connectivity index (χ2v) is 5.77. The van der Waals surface area contributed by atoms with Crippen LogP contribution in [-0.4, -0.2) is 30.4 Å². The molecular weight excluding hydrogens is 290 g/mol. The zero-order chi connectivity index (χ0) is 15.6. The number of nitrogens with one attached hydrogen (secondary N) is 2. The minimum absolute atomic E-state index is 0.0177. The molecule has 21 heavy (non-hydrogen) atoms. The summed E-state index contributed by atoms with van der Waals surface area (Å²) in [6, 6.07) is 4.94. The van der Waals surface area contributed by atoms with Gasteiger partial charge in [-0.1, -0.05) is 18.5 Å². The van der Waals surface area contributed by atoms with Gasteiger partial charge in [0.2, 0.25) is 11.8 Å². The average molecular weight is 310 g/mol. The van der Waals surface area contributed by atoms with Crippen LogP contribution < -0.4 is 15.5 Å². The molecule has 0 fully saturated rings. The van der Waals surface area contributed by atoms with Crippen molar-refractivity contribution in [3.63, 3.8) is 0 Å². The van der Waals surface area contributed by atoms with Gasteiger partial charge in [0.05, 0.1) is 11.4 Å². The molecule has 114 valence electrons. The van der Waals surface area contributed by atoms with E-state index in [1.807, 2.05) is 13.8 Å². The predicted molar refractivity (Wildman–Crippen MR) is 84.8 cm³/mol. The summed E-state index contributed by atoms with van der Waals surface area (Å²) >= 11 is 5.98. The molecule has 6 heteroatoms. The van der Waals surface area contributed by atoms with Gasteiger partial charge in [0, 0.05) is 11.1 Å². The lowest BCUT2D eigenvalue weighted by molar-refractivity contribution is -0.124. The van der Waals surface area contributed by atoms with E-state index in [0.29, 0.717) is 10.7 Å². The molecule has 1 aliphatic heterocycles. The molecule has 0 bridgehead atoms. The van der Waals surface area contributed by atoms with Crippen molar-refractivity contribution in [3.8, 4) is 0 Å². The minimum atomic E-state index is -0.382. The van der Waals surface area contributed by atoms with Crippen LogP contribution in [0.5, 0.6) is 0 Å². The molecule has 2 atom stereocenters. The quantitative estimate of drug-likeness (QED) is 0.898. The highest BCUT2D eigenvalue weighted by molar-refractivity contribution is 6.31. The highest BCUT2D eigenvalue weighted by Crippen LogP contribution is 2.33. The number of fused-ring (bicyclic) bond motifs is 1. The van der Waals surface area contributed by atoms with Crippen molar-refractivity contribution in [1.82, 2.24) is 5.32 Å². The Morgan fingerprint density at radius 1 is 1.52 bits per heavy atom. The Morgan fingerprint density at radius 3 is 2.90 bits per heavy atom. The fourth-order valence-electron chi connectivity index (χ4n) is 2.24. The zero-order valence-corrected chi connectivity index (χ0v) is 13.2. The Balaban J connectivity index is 2.22. The number of halogens is 1. The fraction of sp³-hybridized carbons (Fsp3) is 0.467. The van der Waals surface area contributed by atoms with Crippen molar-refractivity contribution in [2.45, 2.75) is 39.3 Å². The molecule has 0 spiro atoms. The molecule has 2 unspecified atom stereocenters. The van der Waals surface area contributed by atoms with Crippen molar-refractivity contribution in [2.24, 2.45) is 0 Å². The van der Waals surface area contributed by atoms with E-state index in [2.05, 4.69) is 10.6 Å². The summed E-state index contributed by atoms with van der Waals surface area (Å²) in [4.78, 5) is 25.9. The molecule has 2 amide bonds. The van der Waals surface area contributed by atoms with Crippen LogP contribution in [0.2, 0.25) is 5.02 Å². The average Bonchev–Trinajstić information content (AvgIpc) is 2.43. The molecule has 0 saturated carbocycles. The van der Waals surface area contributed by atoms with Crippen LogP contribution in [0.25, 0.3) is 0 Å². The van der Waals surface area contributed by atoms with Crippen LogP contribution in [-0.2, 0) is 9.59 Å². The van der Waals surface area contributed by atoms with E-state index in [-0.39, 0.29) is 30.4 Å². The van der Waals surface area contributed by atoms with Crippen molar-refractivity contribution >= 4 is 34.8 Å². The second-order valence-electron chi connectivity index (χ2n) is 5.33. The molecule has 1 heterocycles. The van der Waals surface area contributed by atoms with Crippen molar-refractivity contribution in [2.75, 3.05) is 16.8 Å². The summed E-state index contributed by atoms with van der Waals surface area (Å²) in [6.07, 6.45) is 0.851. The number of amides is 2. The lowest BCUT2D eigenvalue weighted by Crippen LogP contribution is -2.50. The first-order valence-corrected chi connectivity index (χ1v) is 7.47. The zero-order valence-electron chi connectivity index (χ0n) is 12.4. The first-order valence-electron chi connectivity index (χ1n) is 7.09. The first-order chi connectivity index (χ1) is 9.92. The smallest absolute Gasteiger partial charge is 0.249 e. The number of nitrogens with zero attached hydrogens (tertiary/aromatic N) is 1. The number of hydrogen-bond acceptors (Lipinski definition) is 3. The molecule has 0 radical (unpaired) electrons. The van der Waals surface area contributed by atoms with E-state index in [1.54, 1.807) is 25.1 Å². The third-order valence-corrected chi connectivity index (χ3v) is 3.81. The molecule has 5 nitrogen and oxygen atoms in total. The summed E-state index contributed by atoms with van der Waals surface area (Å²) in [6.45, 7) is 5.73. The van der Waals surface area contributed by atoms with Gasteiger partial charge in [0.1, 0.15) is 12.6 Å². The topological polar surface area (TPSA) is 61.4 Å². The fourth-order valence-corrected chi connectivity index (χ4v) is 2.41. The number of anilines is 2. The van der Waals surface area contributed by atoms with E-state index in [0.717, 1.165) is 12.1 Å². The van der Waals surface area contributed by atoms with E-state index in [4.69, 9.17) is 11.6 Å². The van der Waals surface area contributed by atoms with E-state index < -0.39 is 0 Å². The van der Waals surface area contributed by atoms with Crippen LogP contribution in [0.1, 0.15) is 27.2 Å². The van der Waals surface area contributed by atoms with E-state index in [9.17, 15) is 9.59 Å². The van der Waals surface area contributed by atoms with Gasteiger partial charge in [-0.15, -0.1) is 0 Å². The van der Waals surface area contributed by atoms with Crippen molar-refractivity contribution in [1.29, 1.82) is 0 Å². The number of carbonyl (C=O) groups excluding carboxylic acids is 2. The van der Waals surface area contributed by atoms with Gasteiger partial charge in [0.15, 0.2) is 0 Å². The number of hydrogen-bond donors (Lipinski definition) is 2. The number of rotatable bonds is 4. The standard InChI is InChI=1S/C15H20ClN3O2/c1-4-9(2)17-14(20)8-19-13-6-5-11(16)7-12(13)18-10(3)15(19)21/h5-7,9-10,18H,4,8H2,1-3H3,(H,17,20). The monoisotopic (exact) mass is 309 g/mol. The summed E-state index contributed by atoms with van der Waals surface area (Å²) in [7, 11) is 0. The Labute approximate surface area is 129 Å². The molecule has 1 aromatic carbocycles. The number of benzene rings is 1. The SMILES string of the molecule is CCC(C)NC(=O)CN1C(=O)C(C)Nc2cc(Cl)ccc21. The van der Waals surface area contributed by atoms with Gasteiger partial charge in [-0.3, -0.25) is 14.5 Å². The summed E-state index contributed by atoms with van der Waals surface area (Å²) in [5.74, 6) is -0.281. The molecular formula is C15H20ClN3O2. The maximum Gasteiger partial charge on any atom is 0.249 e. The molecule has 0 saturated heterocycles. The van der Waals surface area contributed by atoms with Crippen molar-refractivity contribution in [3.05, 3.63) is 23.2 Å². The Kier molecular flexibility index (Phi) is 4.73. The highest BCUT2D eigenvalue weighted by atomic mass is 35.5. The van der Waals surface area contributed by atoms with Gasteiger partial charge in [-0.05, 0) is 38.5 Å². The molecule has 2 rings (SSSR count). The van der Waals surface area contributed by atoms with Crippen LogP contribution in [0.4, 0.5) is 11.4 Å². The van der Waals surface area contributed by atoms with Crippen molar-refractivity contribution < 1.29 is 9.59 Å². The highest BCUT2D eigenvalue weighted by Gasteiger charge is 2.31. The molecule has 0 aliphatic carbocycles. The maximum absolute atomic E-state index is 12.3. The predicted octanol–water partition coefficient (Wildman–Crippen LogP) is 2.40. The third-order valence-electron chi connectivity index (χ3n) is 3.58. The van der Waals surface area contributed by atoms with Gasteiger partial charge in [0.25, 0.3) is 0 Å². The molecule has 0 aromatic heterocycles. The van der Waals surface area contributed by atoms with Crippen LogP contribution >= 0.6 is 11.6 Å². The van der Waals surface area contributed by atoms with Crippen LogP contribution in [0.15, 0.2) is 18.2 Å². The van der Waals surface area contributed by atoms with Gasteiger partial charge < -0.3 is 10.6 Å². The van der Waals surface area contributed by atoms with Crippen LogP contribution in [0.3, 0.4) is 0 Å². The summed E-state index contributed by atoms with van der Waals surface area (Å²) < 4.78 is 0. The lowest BCUT2D eigenvalue weighted by Gasteiger charge is -2.33. The minimum Gasteiger partial charge on any atom is -0.372 e. The summed E-state index contributed by atoms with van der Waals surface area (Å²) in [5, 5.41) is 6.56. The molecule has 1 aromatic rings. The Hall–Kier alpha value is -1.75. The van der Waals surface area contributed by atoms with E-state index >= 15 is 0 Å². The third kappa shape index (κ3) is 3.47. The first kappa shape index (κ1) is 15.6. The van der Waals surface area contributed by atoms with Gasteiger partial charge in [-0.2, -0.15) is 0 Å². The Morgan fingerprint density at radius 2 is 2.24 bits per heavy atom. The largest absolute Gasteiger partial charge is 0.372 e. The molecule has 2 N–H and O–H groups in total. The van der Waals surface area contributed by atoms with E-state index in [1.165, 1.54) is 4.90 Å². The lowest BCUT2D eigenvalue weighted by atomic mass is 10.1. The Bertz CT molecular complexity index is 562. The molecule has 1 aliphatic rings. The second kappa shape index (κ2) is 6.35. The van der Waals surface area contributed by atoms with Gasteiger partial charge in [-0.25, -0.2) is 0 Å². The number of carbonyl (C=O) groups is 2. The van der Waals surface area contributed by atoms with Gasteiger partial charge >= 0.3 is 0 Å². The summed E-state index contributed by atoms with van der Waals surface area (Å²) in [5.41, 5.74) is 1.45.